The number of amides is 1. The van der Waals surface area contributed by atoms with Gasteiger partial charge in [0, 0.05) is 37.0 Å². The van der Waals surface area contributed by atoms with E-state index < -0.39 is 0 Å². The van der Waals surface area contributed by atoms with Crippen molar-refractivity contribution >= 4 is 5.91 Å². The molecular formula is C20H21N5O4. The molecule has 3 rings (SSSR count). The van der Waals surface area contributed by atoms with Crippen LogP contribution in [0.25, 0.3) is 11.3 Å². The van der Waals surface area contributed by atoms with Crippen LogP contribution in [0.1, 0.15) is 6.92 Å². The molecule has 0 bridgehead atoms. The van der Waals surface area contributed by atoms with Crippen molar-refractivity contribution in [1.82, 2.24) is 24.4 Å². The SMILES string of the molecule is CCOc1ccc(-c2cc(=O)n(CCNC(=O)Cn3cnccc3=O)cn2)cc1. The minimum Gasteiger partial charge on any atom is -0.494 e. The van der Waals surface area contributed by atoms with Gasteiger partial charge in [-0.15, -0.1) is 0 Å². The van der Waals surface area contributed by atoms with Gasteiger partial charge >= 0.3 is 0 Å². The fourth-order valence-corrected chi connectivity index (χ4v) is 2.66. The molecule has 2 aromatic heterocycles. The molecule has 1 N–H and O–H groups in total. The summed E-state index contributed by atoms with van der Waals surface area (Å²) in [7, 11) is 0. The van der Waals surface area contributed by atoms with Crippen molar-refractivity contribution in [2.24, 2.45) is 0 Å². The van der Waals surface area contributed by atoms with E-state index in [1.807, 2.05) is 31.2 Å². The average Bonchev–Trinajstić information content (AvgIpc) is 2.72. The van der Waals surface area contributed by atoms with Crippen molar-refractivity contribution in [1.29, 1.82) is 0 Å². The number of hydrogen-bond donors (Lipinski definition) is 1. The zero-order valence-corrected chi connectivity index (χ0v) is 15.9. The summed E-state index contributed by atoms with van der Waals surface area (Å²) in [5, 5.41) is 2.67. The fourth-order valence-electron chi connectivity index (χ4n) is 2.66. The lowest BCUT2D eigenvalue weighted by atomic mass is 10.1. The van der Waals surface area contributed by atoms with Crippen LogP contribution in [0.5, 0.6) is 5.75 Å². The van der Waals surface area contributed by atoms with Gasteiger partial charge in [-0.25, -0.2) is 9.97 Å². The largest absolute Gasteiger partial charge is 0.494 e. The van der Waals surface area contributed by atoms with Crippen LogP contribution >= 0.6 is 0 Å². The maximum Gasteiger partial charge on any atom is 0.253 e. The number of carbonyl (C=O) groups excluding carboxylic acids is 1. The van der Waals surface area contributed by atoms with Crippen molar-refractivity contribution in [3.8, 4) is 17.0 Å². The van der Waals surface area contributed by atoms with Crippen LogP contribution in [0.3, 0.4) is 0 Å². The summed E-state index contributed by atoms with van der Waals surface area (Å²) in [6.07, 6.45) is 4.12. The van der Waals surface area contributed by atoms with E-state index in [0.29, 0.717) is 12.3 Å². The molecule has 29 heavy (non-hydrogen) atoms. The highest BCUT2D eigenvalue weighted by Crippen LogP contribution is 2.19. The maximum absolute atomic E-state index is 12.3. The Balaban J connectivity index is 1.56. The lowest BCUT2D eigenvalue weighted by Crippen LogP contribution is -2.35. The zero-order valence-electron chi connectivity index (χ0n) is 15.9. The Kier molecular flexibility index (Phi) is 6.51. The molecule has 0 radical (unpaired) electrons. The molecule has 150 valence electrons. The molecule has 2 heterocycles. The predicted molar refractivity (Wildman–Crippen MR) is 107 cm³/mol. The van der Waals surface area contributed by atoms with Crippen LogP contribution in [0.15, 0.2) is 64.8 Å². The molecule has 0 saturated carbocycles. The summed E-state index contributed by atoms with van der Waals surface area (Å²) in [6, 6.07) is 10.1. The molecule has 0 aliphatic heterocycles. The summed E-state index contributed by atoms with van der Waals surface area (Å²) < 4.78 is 8.02. The number of nitrogens with one attached hydrogen (secondary N) is 1. The summed E-state index contributed by atoms with van der Waals surface area (Å²) >= 11 is 0. The van der Waals surface area contributed by atoms with Crippen molar-refractivity contribution < 1.29 is 9.53 Å². The van der Waals surface area contributed by atoms with Gasteiger partial charge in [0.25, 0.3) is 11.1 Å². The molecule has 0 spiro atoms. The Bertz CT molecular complexity index is 1090. The van der Waals surface area contributed by atoms with Crippen molar-refractivity contribution in [3.05, 3.63) is 76.0 Å². The van der Waals surface area contributed by atoms with Crippen LogP contribution in [-0.4, -0.2) is 38.2 Å². The van der Waals surface area contributed by atoms with E-state index in [0.717, 1.165) is 11.3 Å². The number of nitrogens with zero attached hydrogens (tertiary/aromatic N) is 4. The number of carbonyl (C=O) groups is 1. The van der Waals surface area contributed by atoms with Gasteiger partial charge in [-0.2, -0.15) is 0 Å². The number of benzene rings is 1. The van der Waals surface area contributed by atoms with Crippen LogP contribution in [0.4, 0.5) is 0 Å². The van der Waals surface area contributed by atoms with Gasteiger partial charge in [0.1, 0.15) is 12.3 Å². The number of ether oxygens (including phenoxy) is 1. The topological polar surface area (TPSA) is 108 Å². The highest BCUT2D eigenvalue weighted by Gasteiger charge is 2.06. The Labute approximate surface area is 166 Å². The van der Waals surface area contributed by atoms with Crippen LogP contribution in [0, 0.1) is 0 Å². The minimum absolute atomic E-state index is 0.128. The maximum atomic E-state index is 12.3. The van der Waals surface area contributed by atoms with Gasteiger partial charge in [-0.05, 0) is 31.2 Å². The average molecular weight is 395 g/mol. The third-order valence-electron chi connectivity index (χ3n) is 4.12. The van der Waals surface area contributed by atoms with Gasteiger partial charge in [-0.1, -0.05) is 0 Å². The minimum atomic E-state index is -0.341. The van der Waals surface area contributed by atoms with Gasteiger partial charge in [0.15, 0.2) is 0 Å². The first-order valence-corrected chi connectivity index (χ1v) is 9.13. The second kappa shape index (κ2) is 9.45. The van der Waals surface area contributed by atoms with Crippen molar-refractivity contribution in [3.63, 3.8) is 0 Å². The molecule has 0 aliphatic carbocycles. The molecule has 0 saturated heterocycles. The quantitative estimate of drug-likeness (QED) is 0.601. The number of rotatable bonds is 8. The molecule has 0 atom stereocenters. The Hall–Kier alpha value is -3.75. The van der Waals surface area contributed by atoms with Crippen LogP contribution < -0.4 is 21.2 Å². The lowest BCUT2D eigenvalue weighted by Gasteiger charge is -2.09. The third-order valence-corrected chi connectivity index (χ3v) is 4.12. The molecule has 9 nitrogen and oxygen atoms in total. The standard InChI is InChI=1S/C20H21N5O4/c1-2-29-16-5-3-15(4-6-16)17-11-20(28)24(14-23-17)10-9-22-18(26)12-25-13-21-8-7-19(25)27/h3-8,11,13-14H,2,9-10,12H2,1H3,(H,22,26). The molecule has 0 unspecified atom stereocenters. The smallest absolute Gasteiger partial charge is 0.253 e. The molecule has 0 aliphatic rings. The number of hydrogen-bond acceptors (Lipinski definition) is 6. The van der Waals surface area contributed by atoms with E-state index in [9.17, 15) is 14.4 Å². The van der Waals surface area contributed by atoms with Gasteiger partial charge < -0.3 is 10.1 Å². The van der Waals surface area contributed by atoms with E-state index in [4.69, 9.17) is 4.74 Å². The van der Waals surface area contributed by atoms with Gasteiger partial charge in [0.05, 0.1) is 25.0 Å². The van der Waals surface area contributed by atoms with E-state index in [1.165, 1.54) is 40.1 Å². The van der Waals surface area contributed by atoms with Gasteiger partial charge in [-0.3, -0.25) is 23.5 Å². The van der Waals surface area contributed by atoms with E-state index >= 15 is 0 Å². The first-order valence-electron chi connectivity index (χ1n) is 9.13. The second-order valence-electron chi connectivity index (χ2n) is 6.16. The van der Waals surface area contributed by atoms with Crippen LogP contribution in [0.2, 0.25) is 0 Å². The molecule has 9 heteroatoms. The molecule has 0 fully saturated rings. The zero-order chi connectivity index (χ0) is 20.6. The monoisotopic (exact) mass is 395 g/mol. The normalized spacial score (nSPS) is 10.5. The molecular weight excluding hydrogens is 374 g/mol. The van der Waals surface area contributed by atoms with Crippen LogP contribution in [-0.2, 0) is 17.9 Å². The highest BCUT2D eigenvalue weighted by molar-refractivity contribution is 5.75. The summed E-state index contributed by atoms with van der Waals surface area (Å²) in [5.74, 6) is 0.418. The highest BCUT2D eigenvalue weighted by atomic mass is 16.5. The summed E-state index contributed by atoms with van der Waals surface area (Å²) in [5.41, 5.74) is 0.851. The first-order chi connectivity index (χ1) is 14.1. The molecule has 1 amide bonds. The van der Waals surface area contributed by atoms with Crippen molar-refractivity contribution in [2.75, 3.05) is 13.2 Å². The summed E-state index contributed by atoms with van der Waals surface area (Å²) in [4.78, 5) is 44.0. The third kappa shape index (κ3) is 5.38. The summed E-state index contributed by atoms with van der Waals surface area (Å²) in [6.45, 7) is 2.87. The Morgan fingerprint density at radius 1 is 1.07 bits per heavy atom. The fraction of sp³-hybridized carbons (Fsp3) is 0.250. The lowest BCUT2D eigenvalue weighted by molar-refractivity contribution is -0.121. The van der Waals surface area contributed by atoms with Gasteiger partial charge in [0.2, 0.25) is 5.91 Å². The van der Waals surface area contributed by atoms with E-state index in [-0.39, 0.29) is 36.7 Å². The van der Waals surface area contributed by atoms with E-state index in [2.05, 4.69) is 15.3 Å². The van der Waals surface area contributed by atoms with E-state index in [1.54, 1.807) is 0 Å². The Morgan fingerprint density at radius 2 is 1.86 bits per heavy atom. The predicted octanol–water partition coefficient (Wildman–Crippen LogP) is 0.682. The number of aromatic nitrogens is 4. The second-order valence-corrected chi connectivity index (χ2v) is 6.16. The first kappa shape index (κ1) is 20.0. The Morgan fingerprint density at radius 3 is 2.55 bits per heavy atom. The molecule has 1 aromatic carbocycles. The molecule has 3 aromatic rings. The van der Waals surface area contributed by atoms with Crippen molar-refractivity contribution in [2.45, 2.75) is 20.0 Å².